The molecule has 5 nitrogen and oxygen atoms in total. The molecule has 0 atom stereocenters. The smallest absolute Gasteiger partial charge is 0.229 e. The monoisotopic (exact) mass is 319 g/mol. The van der Waals surface area contributed by atoms with Gasteiger partial charge in [-0.05, 0) is 31.6 Å². The van der Waals surface area contributed by atoms with E-state index in [1.807, 2.05) is 16.6 Å². The molecule has 2 aliphatic carbocycles. The zero-order valence-corrected chi connectivity index (χ0v) is 13.6. The van der Waals surface area contributed by atoms with E-state index in [4.69, 9.17) is 0 Å². The molecule has 1 aliphatic heterocycles. The molecule has 1 aromatic heterocycles. The number of likely N-dealkylation sites (tertiary alicyclic amines) is 1. The topological polar surface area (TPSA) is 53.5 Å². The lowest BCUT2D eigenvalue weighted by Gasteiger charge is -2.38. The summed E-state index contributed by atoms with van der Waals surface area (Å²) >= 11 is 1.61. The van der Waals surface area contributed by atoms with Crippen LogP contribution in [0.2, 0.25) is 0 Å². The summed E-state index contributed by atoms with van der Waals surface area (Å²) in [6, 6.07) is 0.265. The number of thiazole rings is 1. The van der Waals surface area contributed by atoms with Gasteiger partial charge >= 0.3 is 0 Å². The minimum Gasteiger partial charge on any atom is -0.343 e. The standard InChI is InChI=1S/C16H21N3O2S/c1-11(20)18-4-2-13(3-5-18)19(9-14-8-17-10-22-14)15(21)16-6-12(16)7-16/h8,10,12-13H,2-7,9H2,1H3. The first-order valence-corrected chi connectivity index (χ1v) is 8.92. The van der Waals surface area contributed by atoms with Crippen molar-refractivity contribution < 1.29 is 9.59 Å². The quantitative estimate of drug-likeness (QED) is 0.851. The number of carbonyl (C=O) groups is 2. The van der Waals surface area contributed by atoms with Crippen LogP contribution in [-0.4, -0.2) is 45.7 Å². The molecule has 0 unspecified atom stereocenters. The van der Waals surface area contributed by atoms with Gasteiger partial charge in [0.05, 0.1) is 17.5 Å². The number of carbonyl (C=O) groups excluding carboxylic acids is 2. The van der Waals surface area contributed by atoms with E-state index in [9.17, 15) is 9.59 Å². The fraction of sp³-hybridized carbons (Fsp3) is 0.688. The van der Waals surface area contributed by atoms with Crippen LogP contribution in [-0.2, 0) is 16.1 Å². The Kier molecular flexibility index (Phi) is 3.25. The van der Waals surface area contributed by atoms with Gasteiger partial charge in [0, 0.05) is 37.1 Å². The number of fused-ring (bicyclic) bond motifs is 1. The first-order chi connectivity index (χ1) is 10.6. The third-order valence-electron chi connectivity index (χ3n) is 5.53. The molecule has 1 aromatic rings. The van der Waals surface area contributed by atoms with Gasteiger partial charge in [-0.25, -0.2) is 0 Å². The first-order valence-electron chi connectivity index (χ1n) is 8.04. The number of rotatable bonds is 4. The van der Waals surface area contributed by atoms with Crippen LogP contribution in [0.5, 0.6) is 0 Å². The highest BCUT2D eigenvalue weighted by Crippen LogP contribution is 2.76. The van der Waals surface area contributed by atoms with E-state index in [1.165, 1.54) is 0 Å². The summed E-state index contributed by atoms with van der Waals surface area (Å²) in [5.41, 5.74) is 1.84. The predicted molar refractivity (Wildman–Crippen MR) is 83.1 cm³/mol. The van der Waals surface area contributed by atoms with Crippen molar-refractivity contribution in [2.45, 2.75) is 45.2 Å². The summed E-state index contributed by atoms with van der Waals surface area (Å²) in [6.45, 7) is 3.84. The van der Waals surface area contributed by atoms with Crippen LogP contribution < -0.4 is 0 Å². The van der Waals surface area contributed by atoms with Crippen LogP contribution >= 0.6 is 11.3 Å². The Balaban J connectivity index is 1.47. The Labute approximate surface area is 134 Å². The zero-order valence-electron chi connectivity index (χ0n) is 12.8. The van der Waals surface area contributed by atoms with Crippen LogP contribution in [0, 0.1) is 11.3 Å². The number of aromatic nitrogens is 1. The van der Waals surface area contributed by atoms with Gasteiger partial charge in [-0.1, -0.05) is 0 Å². The Morgan fingerprint density at radius 3 is 2.59 bits per heavy atom. The van der Waals surface area contributed by atoms with Gasteiger partial charge in [-0.15, -0.1) is 11.3 Å². The van der Waals surface area contributed by atoms with Gasteiger partial charge in [0.15, 0.2) is 0 Å². The maximum atomic E-state index is 12.9. The fourth-order valence-electron chi connectivity index (χ4n) is 3.68. The second-order valence-electron chi connectivity index (χ2n) is 6.90. The highest BCUT2D eigenvalue weighted by Gasteiger charge is 2.75. The highest BCUT2D eigenvalue weighted by molar-refractivity contribution is 7.09. The zero-order chi connectivity index (χ0) is 15.3. The van der Waals surface area contributed by atoms with E-state index in [1.54, 1.807) is 18.3 Å². The molecular weight excluding hydrogens is 298 g/mol. The molecule has 0 N–H and O–H groups in total. The largest absolute Gasteiger partial charge is 0.343 e. The molecular formula is C16H21N3O2S. The average Bonchev–Trinajstić information content (AvgIpc) is 3.31. The lowest BCUT2D eigenvalue weighted by atomic mass is 10.0. The van der Waals surface area contributed by atoms with E-state index < -0.39 is 0 Å². The third kappa shape index (κ3) is 2.33. The average molecular weight is 319 g/mol. The number of piperidine rings is 1. The molecule has 118 valence electrons. The van der Waals surface area contributed by atoms with Gasteiger partial charge in [0.2, 0.25) is 11.8 Å². The summed E-state index contributed by atoms with van der Waals surface area (Å²) in [5, 5.41) is 0. The van der Waals surface area contributed by atoms with Crippen molar-refractivity contribution in [3.8, 4) is 0 Å². The van der Waals surface area contributed by atoms with E-state index in [2.05, 4.69) is 9.88 Å². The second kappa shape index (κ2) is 5.05. The predicted octanol–water partition coefficient (Wildman–Crippen LogP) is 1.89. The van der Waals surface area contributed by atoms with Crippen molar-refractivity contribution in [3.63, 3.8) is 0 Å². The lowest BCUT2D eigenvalue weighted by molar-refractivity contribution is -0.139. The molecule has 2 amide bonds. The van der Waals surface area contributed by atoms with Crippen LogP contribution in [0.1, 0.15) is 37.5 Å². The summed E-state index contributed by atoms with van der Waals surface area (Å²) in [5.74, 6) is 1.16. The summed E-state index contributed by atoms with van der Waals surface area (Å²) < 4.78 is 0. The van der Waals surface area contributed by atoms with Crippen molar-refractivity contribution in [1.82, 2.24) is 14.8 Å². The first kappa shape index (κ1) is 14.2. The number of hydrogen-bond acceptors (Lipinski definition) is 4. The van der Waals surface area contributed by atoms with Gasteiger partial charge in [0.1, 0.15) is 0 Å². The molecule has 0 radical (unpaired) electrons. The van der Waals surface area contributed by atoms with Crippen LogP contribution in [0.3, 0.4) is 0 Å². The number of amides is 2. The Morgan fingerprint density at radius 1 is 1.41 bits per heavy atom. The fourth-order valence-corrected chi connectivity index (χ4v) is 4.28. The van der Waals surface area contributed by atoms with E-state index in [0.717, 1.165) is 43.6 Å². The summed E-state index contributed by atoms with van der Waals surface area (Å²) in [7, 11) is 0. The van der Waals surface area contributed by atoms with Crippen LogP contribution in [0.15, 0.2) is 11.7 Å². The molecule has 0 aromatic carbocycles. The minimum atomic E-state index is 0.0163. The van der Waals surface area contributed by atoms with Crippen molar-refractivity contribution in [1.29, 1.82) is 0 Å². The molecule has 0 spiro atoms. The van der Waals surface area contributed by atoms with Crippen molar-refractivity contribution in [2.24, 2.45) is 11.3 Å². The Hall–Kier alpha value is -1.43. The molecule has 0 bridgehead atoms. The maximum Gasteiger partial charge on any atom is 0.229 e. The molecule has 4 rings (SSSR count). The second-order valence-corrected chi connectivity index (χ2v) is 7.87. The highest BCUT2D eigenvalue weighted by atomic mass is 32.1. The van der Waals surface area contributed by atoms with E-state index >= 15 is 0 Å². The Bertz CT molecular complexity index is 587. The van der Waals surface area contributed by atoms with Crippen LogP contribution in [0.4, 0.5) is 0 Å². The van der Waals surface area contributed by atoms with Crippen molar-refractivity contribution >= 4 is 23.2 Å². The molecule has 1 saturated heterocycles. The lowest BCUT2D eigenvalue weighted by Crippen LogP contribution is -2.49. The molecule has 3 aliphatic rings. The minimum absolute atomic E-state index is 0.0163. The van der Waals surface area contributed by atoms with Crippen molar-refractivity contribution in [3.05, 3.63) is 16.6 Å². The molecule has 6 heteroatoms. The van der Waals surface area contributed by atoms with Gasteiger partial charge < -0.3 is 9.80 Å². The number of nitrogens with zero attached hydrogens (tertiary/aromatic N) is 3. The van der Waals surface area contributed by atoms with E-state index in [-0.39, 0.29) is 17.4 Å². The number of hydrogen-bond donors (Lipinski definition) is 0. The molecule has 22 heavy (non-hydrogen) atoms. The van der Waals surface area contributed by atoms with Crippen LogP contribution in [0.25, 0.3) is 0 Å². The molecule has 2 saturated carbocycles. The Morgan fingerprint density at radius 2 is 2.09 bits per heavy atom. The normalized spacial score (nSPS) is 29.9. The SMILES string of the molecule is CC(=O)N1CCC(N(Cc2cncs2)C(=O)C23CC2C3)CC1. The molecule has 3 fully saturated rings. The summed E-state index contributed by atoms with van der Waals surface area (Å²) in [6.07, 6.45) is 5.84. The van der Waals surface area contributed by atoms with Gasteiger partial charge in [-0.3, -0.25) is 14.6 Å². The van der Waals surface area contributed by atoms with E-state index in [0.29, 0.717) is 18.4 Å². The van der Waals surface area contributed by atoms with Gasteiger partial charge in [0.25, 0.3) is 0 Å². The third-order valence-corrected chi connectivity index (χ3v) is 6.29. The molecule has 2 heterocycles. The summed E-state index contributed by atoms with van der Waals surface area (Å²) in [4.78, 5) is 33.7. The van der Waals surface area contributed by atoms with Gasteiger partial charge in [-0.2, -0.15) is 0 Å². The maximum absolute atomic E-state index is 12.9. The van der Waals surface area contributed by atoms with Crippen molar-refractivity contribution in [2.75, 3.05) is 13.1 Å².